The summed E-state index contributed by atoms with van der Waals surface area (Å²) in [4.78, 5) is 17.2. The summed E-state index contributed by atoms with van der Waals surface area (Å²) in [5.41, 5.74) is 5.38. The van der Waals surface area contributed by atoms with Crippen LogP contribution in [-0.4, -0.2) is 16.3 Å². The summed E-state index contributed by atoms with van der Waals surface area (Å²) in [7, 11) is 0. The van der Waals surface area contributed by atoms with Crippen LogP contribution in [0.4, 0.5) is 0 Å². The first-order valence-electron chi connectivity index (χ1n) is 5.96. The minimum absolute atomic E-state index is 0.697. The van der Waals surface area contributed by atoms with Crippen molar-refractivity contribution < 1.29 is 4.79 Å². The highest BCUT2D eigenvalue weighted by Gasteiger charge is 2.09. The van der Waals surface area contributed by atoms with Gasteiger partial charge < -0.3 is 9.97 Å². The fourth-order valence-corrected chi connectivity index (χ4v) is 2.38. The number of para-hydroxylation sites is 1. The van der Waals surface area contributed by atoms with Gasteiger partial charge in [0.15, 0.2) is 6.29 Å². The Kier molecular flexibility index (Phi) is 2.52. The van der Waals surface area contributed by atoms with Crippen LogP contribution in [0.1, 0.15) is 27.3 Å². The average molecular weight is 238 g/mol. The normalized spacial score (nSPS) is 10.9. The third-order valence-corrected chi connectivity index (χ3v) is 3.30. The van der Waals surface area contributed by atoms with E-state index in [1.807, 2.05) is 18.2 Å². The van der Waals surface area contributed by atoms with E-state index >= 15 is 0 Å². The van der Waals surface area contributed by atoms with Gasteiger partial charge in [-0.25, -0.2) is 0 Å². The highest BCUT2D eigenvalue weighted by Crippen LogP contribution is 2.24. The van der Waals surface area contributed by atoms with Crippen molar-refractivity contribution in [1.29, 1.82) is 0 Å². The van der Waals surface area contributed by atoms with Crippen LogP contribution < -0.4 is 0 Å². The van der Waals surface area contributed by atoms with E-state index in [4.69, 9.17) is 0 Å². The highest BCUT2D eigenvalue weighted by atomic mass is 16.1. The lowest BCUT2D eigenvalue weighted by atomic mass is 10.1. The number of hydrogen-bond donors (Lipinski definition) is 2. The molecular formula is C15H14N2O. The standard InChI is InChI=1S/C15H14N2O/c1-10-14(7-12-6-11(9-18)8-16-12)13-4-2-3-5-15(13)17-10/h2-6,8-9,16-17H,7H2,1H3. The van der Waals surface area contributed by atoms with Gasteiger partial charge in [0.1, 0.15) is 0 Å². The molecule has 0 fully saturated rings. The quantitative estimate of drug-likeness (QED) is 0.676. The average Bonchev–Trinajstić information content (AvgIpc) is 2.96. The summed E-state index contributed by atoms with van der Waals surface area (Å²) in [6.07, 6.45) is 3.41. The molecule has 0 bridgehead atoms. The van der Waals surface area contributed by atoms with Crippen LogP contribution in [-0.2, 0) is 6.42 Å². The fourth-order valence-electron chi connectivity index (χ4n) is 2.38. The SMILES string of the molecule is Cc1[nH]c2ccccc2c1Cc1cc(C=O)c[nH]1. The number of carbonyl (C=O) groups excluding carboxylic acids is 1. The van der Waals surface area contributed by atoms with Gasteiger partial charge in [0.25, 0.3) is 0 Å². The number of carbonyl (C=O) groups is 1. The molecule has 3 aromatic rings. The first-order chi connectivity index (χ1) is 8.78. The predicted octanol–water partition coefficient (Wildman–Crippen LogP) is 3.21. The molecule has 0 saturated carbocycles. The number of H-pyrrole nitrogens is 2. The zero-order chi connectivity index (χ0) is 12.5. The molecule has 2 aromatic heterocycles. The molecule has 0 amide bonds. The summed E-state index contributed by atoms with van der Waals surface area (Å²) < 4.78 is 0. The Labute approximate surface area is 105 Å². The van der Waals surface area contributed by atoms with Gasteiger partial charge in [-0.15, -0.1) is 0 Å². The number of rotatable bonds is 3. The van der Waals surface area contributed by atoms with E-state index in [1.54, 1.807) is 6.20 Å². The van der Waals surface area contributed by atoms with E-state index in [1.165, 1.54) is 16.6 Å². The Balaban J connectivity index is 2.03. The molecule has 0 spiro atoms. The largest absolute Gasteiger partial charge is 0.364 e. The minimum atomic E-state index is 0.697. The van der Waals surface area contributed by atoms with Gasteiger partial charge in [-0.05, 0) is 24.6 Å². The summed E-state index contributed by atoms with van der Waals surface area (Å²) in [6, 6.07) is 10.2. The van der Waals surface area contributed by atoms with Crippen molar-refractivity contribution in [3.05, 3.63) is 59.0 Å². The molecule has 0 saturated heterocycles. The number of benzene rings is 1. The lowest BCUT2D eigenvalue weighted by Gasteiger charge is -1.99. The predicted molar refractivity (Wildman–Crippen MR) is 72.0 cm³/mol. The molecule has 0 aliphatic heterocycles. The van der Waals surface area contributed by atoms with E-state index in [9.17, 15) is 4.79 Å². The van der Waals surface area contributed by atoms with E-state index in [0.717, 1.165) is 23.9 Å². The number of nitrogens with one attached hydrogen (secondary N) is 2. The van der Waals surface area contributed by atoms with Crippen LogP contribution in [0.25, 0.3) is 10.9 Å². The van der Waals surface area contributed by atoms with Crippen molar-refractivity contribution >= 4 is 17.2 Å². The van der Waals surface area contributed by atoms with E-state index < -0.39 is 0 Å². The second-order valence-corrected chi connectivity index (χ2v) is 4.53. The van der Waals surface area contributed by atoms with Gasteiger partial charge in [-0.3, -0.25) is 4.79 Å². The summed E-state index contributed by atoms with van der Waals surface area (Å²) in [5, 5.41) is 1.25. The molecule has 90 valence electrons. The van der Waals surface area contributed by atoms with Crippen LogP contribution in [0.15, 0.2) is 36.5 Å². The smallest absolute Gasteiger partial charge is 0.151 e. The Bertz CT molecular complexity index is 706. The van der Waals surface area contributed by atoms with Gasteiger partial charge in [-0.1, -0.05) is 18.2 Å². The van der Waals surface area contributed by atoms with Gasteiger partial charge in [0, 0.05) is 40.5 Å². The Hall–Kier alpha value is -2.29. The number of fused-ring (bicyclic) bond motifs is 1. The maximum atomic E-state index is 10.7. The minimum Gasteiger partial charge on any atom is -0.364 e. The monoisotopic (exact) mass is 238 g/mol. The molecule has 3 nitrogen and oxygen atoms in total. The molecule has 0 atom stereocenters. The van der Waals surface area contributed by atoms with Crippen LogP contribution in [0, 0.1) is 6.92 Å². The molecule has 0 aliphatic carbocycles. The molecule has 0 aliphatic rings. The zero-order valence-electron chi connectivity index (χ0n) is 10.2. The van der Waals surface area contributed by atoms with Gasteiger partial charge in [-0.2, -0.15) is 0 Å². The van der Waals surface area contributed by atoms with Crippen LogP contribution in [0.3, 0.4) is 0 Å². The zero-order valence-corrected chi connectivity index (χ0v) is 10.2. The molecule has 18 heavy (non-hydrogen) atoms. The molecular weight excluding hydrogens is 224 g/mol. The van der Waals surface area contributed by atoms with Crippen molar-refractivity contribution in [3.8, 4) is 0 Å². The second kappa shape index (κ2) is 4.18. The Morgan fingerprint density at radius 3 is 2.89 bits per heavy atom. The van der Waals surface area contributed by atoms with Crippen molar-refractivity contribution in [2.45, 2.75) is 13.3 Å². The molecule has 3 rings (SSSR count). The molecule has 1 aromatic carbocycles. The lowest BCUT2D eigenvalue weighted by Crippen LogP contribution is -1.89. The van der Waals surface area contributed by atoms with Gasteiger partial charge in [0.2, 0.25) is 0 Å². The van der Waals surface area contributed by atoms with Crippen molar-refractivity contribution in [2.24, 2.45) is 0 Å². The first kappa shape index (κ1) is 10.8. The third kappa shape index (κ3) is 1.74. The van der Waals surface area contributed by atoms with Gasteiger partial charge in [0.05, 0.1) is 0 Å². The molecule has 2 N–H and O–H groups in total. The van der Waals surface area contributed by atoms with Crippen molar-refractivity contribution in [2.75, 3.05) is 0 Å². The summed E-state index contributed by atoms with van der Waals surface area (Å²) in [6.45, 7) is 2.08. The molecule has 3 heteroatoms. The second-order valence-electron chi connectivity index (χ2n) is 4.53. The lowest BCUT2D eigenvalue weighted by molar-refractivity contribution is 0.112. The number of aryl methyl sites for hydroxylation is 1. The Morgan fingerprint density at radius 1 is 1.28 bits per heavy atom. The number of aldehydes is 1. The van der Waals surface area contributed by atoms with Gasteiger partial charge >= 0.3 is 0 Å². The molecule has 0 radical (unpaired) electrons. The maximum Gasteiger partial charge on any atom is 0.151 e. The number of aromatic amines is 2. The van der Waals surface area contributed by atoms with Crippen LogP contribution in [0.5, 0.6) is 0 Å². The molecule has 0 unspecified atom stereocenters. The fraction of sp³-hybridized carbons (Fsp3) is 0.133. The Morgan fingerprint density at radius 2 is 2.11 bits per heavy atom. The number of aromatic nitrogens is 2. The first-order valence-corrected chi connectivity index (χ1v) is 5.96. The van der Waals surface area contributed by atoms with Crippen molar-refractivity contribution in [1.82, 2.24) is 9.97 Å². The van der Waals surface area contributed by atoms with E-state index in [0.29, 0.717) is 5.56 Å². The van der Waals surface area contributed by atoms with Crippen LogP contribution in [0.2, 0.25) is 0 Å². The maximum absolute atomic E-state index is 10.7. The topological polar surface area (TPSA) is 48.6 Å². The van der Waals surface area contributed by atoms with Crippen molar-refractivity contribution in [3.63, 3.8) is 0 Å². The van der Waals surface area contributed by atoms with Crippen LogP contribution >= 0.6 is 0 Å². The van der Waals surface area contributed by atoms with E-state index in [-0.39, 0.29) is 0 Å². The number of hydrogen-bond acceptors (Lipinski definition) is 1. The highest BCUT2D eigenvalue weighted by molar-refractivity contribution is 5.85. The van der Waals surface area contributed by atoms with E-state index in [2.05, 4.69) is 29.0 Å². The summed E-state index contributed by atoms with van der Waals surface area (Å²) >= 11 is 0. The third-order valence-electron chi connectivity index (χ3n) is 3.30. The molecule has 2 heterocycles. The summed E-state index contributed by atoms with van der Waals surface area (Å²) in [5.74, 6) is 0.